The lowest BCUT2D eigenvalue weighted by Gasteiger charge is -2.55. The quantitative estimate of drug-likeness (QED) is 0.794. The van der Waals surface area contributed by atoms with Gasteiger partial charge in [-0.15, -0.1) is 0 Å². The molecule has 2 aliphatic heterocycles. The Labute approximate surface area is 153 Å². The Morgan fingerprint density at radius 3 is 2.64 bits per heavy atom. The maximum absolute atomic E-state index is 2.85. The highest BCUT2D eigenvalue weighted by molar-refractivity contribution is 5.55. The zero-order valence-corrected chi connectivity index (χ0v) is 16.1. The molecule has 0 spiro atoms. The Bertz CT molecular complexity index is 643. The van der Waals surface area contributed by atoms with Crippen LogP contribution in [0.25, 0.3) is 0 Å². The number of likely N-dealkylation sites (tertiary alicyclic amines) is 1. The van der Waals surface area contributed by atoms with Crippen LogP contribution in [0, 0.1) is 11.8 Å². The number of nitrogens with zero attached hydrogens (tertiary/aromatic N) is 2. The summed E-state index contributed by atoms with van der Waals surface area (Å²) in [6, 6.07) is 8.26. The lowest BCUT2D eigenvalue weighted by molar-refractivity contribution is 0.0284. The molecule has 0 aromatic heterocycles. The zero-order valence-electron chi connectivity index (χ0n) is 16.1. The summed E-state index contributed by atoms with van der Waals surface area (Å²) in [4.78, 5) is 5.48. The Morgan fingerprint density at radius 1 is 1.08 bits per heavy atom. The van der Waals surface area contributed by atoms with Gasteiger partial charge in [0, 0.05) is 31.4 Å². The van der Waals surface area contributed by atoms with Crippen LogP contribution in [0.3, 0.4) is 0 Å². The van der Waals surface area contributed by atoms with Crippen LogP contribution < -0.4 is 4.90 Å². The fraction of sp³-hybridized carbons (Fsp3) is 0.739. The first kappa shape index (κ1) is 16.2. The molecule has 1 saturated carbocycles. The van der Waals surface area contributed by atoms with Crippen molar-refractivity contribution in [1.82, 2.24) is 4.90 Å². The van der Waals surface area contributed by atoms with Gasteiger partial charge < -0.3 is 4.90 Å². The minimum atomic E-state index is 0.379. The summed E-state index contributed by atoms with van der Waals surface area (Å²) in [6.07, 6.45) is 9.71. The van der Waals surface area contributed by atoms with Crippen LogP contribution in [-0.2, 0) is 11.8 Å². The summed E-state index contributed by atoms with van der Waals surface area (Å²) < 4.78 is 0. The zero-order chi connectivity index (χ0) is 17.0. The topological polar surface area (TPSA) is 6.48 Å². The van der Waals surface area contributed by atoms with Gasteiger partial charge in [0.15, 0.2) is 0 Å². The van der Waals surface area contributed by atoms with E-state index in [1.165, 1.54) is 76.8 Å². The number of hydrogen-bond donors (Lipinski definition) is 0. The molecule has 0 radical (unpaired) electrons. The Kier molecular flexibility index (Phi) is 3.89. The molecule has 5 rings (SSSR count). The second-order valence-electron chi connectivity index (χ2n) is 9.56. The first-order valence-electron chi connectivity index (χ1n) is 10.8. The van der Waals surface area contributed by atoms with E-state index in [1.807, 2.05) is 0 Å². The maximum Gasteiger partial charge on any atom is 0.0369 e. The molecule has 2 bridgehead atoms. The fourth-order valence-electron chi connectivity index (χ4n) is 5.90. The summed E-state index contributed by atoms with van der Waals surface area (Å²) in [5.41, 5.74) is 5.20. The molecular formula is C23H34N2. The molecule has 1 aromatic carbocycles. The van der Waals surface area contributed by atoms with Gasteiger partial charge in [0.25, 0.3) is 0 Å². The predicted octanol–water partition coefficient (Wildman–Crippen LogP) is 4.61. The van der Waals surface area contributed by atoms with Crippen molar-refractivity contribution in [1.29, 1.82) is 0 Å². The van der Waals surface area contributed by atoms with Crippen molar-refractivity contribution in [2.45, 2.75) is 70.3 Å². The first-order valence-corrected chi connectivity index (χ1v) is 10.8. The van der Waals surface area contributed by atoms with E-state index >= 15 is 0 Å². The van der Waals surface area contributed by atoms with E-state index in [1.54, 1.807) is 11.1 Å². The van der Waals surface area contributed by atoms with Crippen LogP contribution in [0.1, 0.15) is 63.5 Å². The molecule has 3 atom stereocenters. The van der Waals surface area contributed by atoms with Crippen molar-refractivity contribution >= 4 is 5.69 Å². The molecule has 25 heavy (non-hydrogen) atoms. The average molecular weight is 339 g/mol. The van der Waals surface area contributed by atoms with Crippen molar-refractivity contribution in [2.75, 3.05) is 31.1 Å². The summed E-state index contributed by atoms with van der Waals surface area (Å²) in [6.45, 7) is 10.3. The highest BCUT2D eigenvalue weighted by Crippen LogP contribution is 2.50. The maximum atomic E-state index is 2.85. The summed E-state index contributed by atoms with van der Waals surface area (Å²) in [5.74, 6) is 1.79. The Balaban J connectivity index is 1.46. The number of hydrogen-bond acceptors (Lipinski definition) is 2. The van der Waals surface area contributed by atoms with Gasteiger partial charge in [0.1, 0.15) is 0 Å². The van der Waals surface area contributed by atoms with E-state index in [0.717, 1.165) is 17.9 Å². The van der Waals surface area contributed by atoms with E-state index in [4.69, 9.17) is 0 Å². The summed E-state index contributed by atoms with van der Waals surface area (Å²) in [5, 5.41) is 0. The highest BCUT2D eigenvalue weighted by Gasteiger charge is 2.49. The minimum Gasteiger partial charge on any atom is -0.372 e. The van der Waals surface area contributed by atoms with Crippen molar-refractivity contribution in [3.63, 3.8) is 0 Å². The molecule has 136 valence electrons. The molecule has 2 heteroatoms. The third-order valence-electron chi connectivity index (χ3n) is 8.02. The van der Waals surface area contributed by atoms with Crippen LogP contribution in [0.2, 0.25) is 0 Å². The second kappa shape index (κ2) is 6.01. The van der Waals surface area contributed by atoms with E-state index in [2.05, 4.69) is 41.8 Å². The SMILES string of the molecule is C[C@H]1C2Cc3ccc(N4CCCCC4)cc3[C@@]1(C)CCN2CC1CC1. The molecule has 4 aliphatic rings. The molecule has 3 fully saturated rings. The van der Waals surface area contributed by atoms with Crippen LogP contribution in [0.4, 0.5) is 5.69 Å². The monoisotopic (exact) mass is 338 g/mol. The molecule has 2 nitrogen and oxygen atoms in total. The first-order chi connectivity index (χ1) is 12.1. The molecule has 0 amide bonds. The average Bonchev–Trinajstić information content (AvgIpc) is 3.45. The summed E-state index contributed by atoms with van der Waals surface area (Å²) in [7, 11) is 0. The van der Waals surface area contributed by atoms with E-state index in [0.29, 0.717) is 5.41 Å². The van der Waals surface area contributed by atoms with Gasteiger partial charge in [-0.05, 0) is 92.0 Å². The fourth-order valence-corrected chi connectivity index (χ4v) is 5.90. The van der Waals surface area contributed by atoms with Gasteiger partial charge in [0.2, 0.25) is 0 Å². The molecular weight excluding hydrogens is 304 g/mol. The number of fused-ring (bicyclic) bond motifs is 4. The lowest BCUT2D eigenvalue weighted by atomic mass is 9.59. The third kappa shape index (κ3) is 2.72. The van der Waals surface area contributed by atoms with Gasteiger partial charge in [-0.1, -0.05) is 19.9 Å². The van der Waals surface area contributed by atoms with Gasteiger partial charge in [-0.25, -0.2) is 0 Å². The van der Waals surface area contributed by atoms with Gasteiger partial charge >= 0.3 is 0 Å². The Morgan fingerprint density at radius 2 is 1.88 bits per heavy atom. The third-order valence-corrected chi connectivity index (χ3v) is 8.02. The van der Waals surface area contributed by atoms with Crippen molar-refractivity contribution in [3.05, 3.63) is 29.3 Å². The molecule has 2 heterocycles. The molecule has 2 aliphatic carbocycles. The predicted molar refractivity (Wildman–Crippen MR) is 105 cm³/mol. The van der Waals surface area contributed by atoms with E-state index < -0.39 is 0 Å². The normalized spacial score (nSPS) is 35.5. The molecule has 1 unspecified atom stereocenters. The van der Waals surface area contributed by atoms with Crippen molar-refractivity contribution < 1.29 is 0 Å². The summed E-state index contributed by atoms with van der Waals surface area (Å²) >= 11 is 0. The second-order valence-corrected chi connectivity index (χ2v) is 9.56. The van der Waals surface area contributed by atoms with E-state index in [-0.39, 0.29) is 0 Å². The van der Waals surface area contributed by atoms with Gasteiger partial charge in [-0.3, -0.25) is 4.90 Å². The molecule has 1 aromatic rings. The van der Waals surface area contributed by atoms with Crippen molar-refractivity contribution in [2.24, 2.45) is 11.8 Å². The lowest BCUT2D eigenvalue weighted by Crippen LogP contribution is -2.58. The van der Waals surface area contributed by atoms with Gasteiger partial charge in [-0.2, -0.15) is 0 Å². The highest BCUT2D eigenvalue weighted by atomic mass is 15.2. The standard InChI is InChI=1S/C23H34N2/c1-17-22-14-19-8-9-20(24-11-4-3-5-12-24)15-21(19)23(17,2)10-13-25(22)16-18-6-7-18/h8-9,15,17-18,22H,3-7,10-14,16H2,1-2H3/t17-,22?,23-/m0/s1. The number of anilines is 1. The molecule has 0 N–H and O–H groups in total. The number of benzene rings is 1. The molecule has 2 saturated heterocycles. The number of rotatable bonds is 3. The van der Waals surface area contributed by atoms with E-state index in [9.17, 15) is 0 Å². The number of piperidine rings is 2. The van der Waals surface area contributed by atoms with Crippen molar-refractivity contribution in [3.8, 4) is 0 Å². The smallest absolute Gasteiger partial charge is 0.0369 e. The minimum absolute atomic E-state index is 0.379. The van der Waals surface area contributed by atoms with Crippen LogP contribution in [-0.4, -0.2) is 37.1 Å². The largest absolute Gasteiger partial charge is 0.372 e. The van der Waals surface area contributed by atoms with Crippen LogP contribution in [0.15, 0.2) is 18.2 Å². The van der Waals surface area contributed by atoms with Gasteiger partial charge in [0.05, 0.1) is 0 Å². The van der Waals surface area contributed by atoms with Crippen LogP contribution in [0.5, 0.6) is 0 Å². The van der Waals surface area contributed by atoms with Crippen LogP contribution >= 0.6 is 0 Å². The Hall–Kier alpha value is -1.02.